The lowest BCUT2D eigenvalue weighted by Gasteiger charge is -2.20. The third kappa shape index (κ3) is 4.91. The number of nitrogens with one attached hydrogen (secondary N) is 1. The van der Waals surface area contributed by atoms with Crippen molar-refractivity contribution in [1.29, 1.82) is 0 Å². The Bertz CT molecular complexity index is 944. The highest BCUT2D eigenvalue weighted by molar-refractivity contribution is 9.10. The van der Waals surface area contributed by atoms with Gasteiger partial charge in [0.1, 0.15) is 5.69 Å². The van der Waals surface area contributed by atoms with Crippen LogP contribution in [0.3, 0.4) is 0 Å². The minimum atomic E-state index is -3.51. The molecule has 1 aromatic heterocycles. The number of nitrogens with zero attached hydrogens (tertiary/aromatic N) is 3. The second kappa shape index (κ2) is 9.34. The van der Waals surface area contributed by atoms with Gasteiger partial charge in [0, 0.05) is 25.0 Å². The molecule has 1 saturated heterocycles. The van der Waals surface area contributed by atoms with Gasteiger partial charge in [-0.2, -0.15) is 4.31 Å². The number of carbonyl (C=O) groups excluding carboxylic acids is 1. The largest absolute Gasteiger partial charge is 0.321 e. The molecule has 1 aliphatic rings. The van der Waals surface area contributed by atoms with E-state index in [9.17, 15) is 13.2 Å². The zero-order valence-corrected chi connectivity index (χ0v) is 18.6. The average Bonchev–Trinajstić information content (AvgIpc) is 2.99. The minimum absolute atomic E-state index is 0.223. The van der Waals surface area contributed by atoms with Crippen molar-refractivity contribution < 1.29 is 13.2 Å². The molecule has 1 aliphatic heterocycles. The van der Waals surface area contributed by atoms with Gasteiger partial charge < -0.3 is 5.32 Å². The molecule has 7 nitrogen and oxygen atoms in total. The first-order valence-electron chi connectivity index (χ1n) is 8.90. The van der Waals surface area contributed by atoms with Crippen LogP contribution in [-0.2, 0) is 10.0 Å². The molecule has 28 heavy (non-hydrogen) atoms. The predicted octanol–water partition coefficient (Wildman–Crippen LogP) is 3.78. The maximum absolute atomic E-state index is 12.8. The number of hydrogen-bond donors (Lipinski definition) is 1. The van der Waals surface area contributed by atoms with Gasteiger partial charge in [0.2, 0.25) is 10.0 Å². The molecule has 150 valence electrons. The quantitative estimate of drug-likeness (QED) is 0.512. The molecule has 1 aromatic carbocycles. The Morgan fingerprint density at radius 1 is 1.14 bits per heavy atom. The molecule has 1 N–H and O–H groups in total. The van der Waals surface area contributed by atoms with Crippen molar-refractivity contribution in [1.82, 2.24) is 14.3 Å². The molecule has 0 atom stereocenters. The lowest BCUT2D eigenvalue weighted by molar-refractivity contribution is 0.102. The van der Waals surface area contributed by atoms with Crippen molar-refractivity contribution in [2.24, 2.45) is 0 Å². The Balaban J connectivity index is 1.75. The van der Waals surface area contributed by atoms with Gasteiger partial charge >= 0.3 is 0 Å². The summed E-state index contributed by atoms with van der Waals surface area (Å²) in [5.74, 6) is -0.396. The number of hydrogen-bond acceptors (Lipinski definition) is 6. The van der Waals surface area contributed by atoms with E-state index in [2.05, 4.69) is 31.2 Å². The van der Waals surface area contributed by atoms with E-state index in [4.69, 9.17) is 0 Å². The highest BCUT2D eigenvalue weighted by atomic mass is 79.9. The fourth-order valence-corrected chi connectivity index (χ4v) is 5.17. The van der Waals surface area contributed by atoms with Crippen LogP contribution in [-0.4, -0.2) is 47.9 Å². The van der Waals surface area contributed by atoms with Crippen LogP contribution >= 0.6 is 27.7 Å². The van der Waals surface area contributed by atoms with Gasteiger partial charge in [-0.15, -0.1) is 0 Å². The molecule has 1 amide bonds. The Morgan fingerprint density at radius 3 is 2.39 bits per heavy atom. The number of benzene rings is 1. The van der Waals surface area contributed by atoms with Gasteiger partial charge in [-0.3, -0.25) is 4.79 Å². The summed E-state index contributed by atoms with van der Waals surface area (Å²) in [6, 6.07) is 6.23. The molecule has 0 aliphatic carbocycles. The monoisotopic (exact) mass is 484 g/mol. The number of amides is 1. The molecule has 0 unspecified atom stereocenters. The van der Waals surface area contributed by atoms with Gasteiger partial charge in [0.05, 0.1) is 9.37 Å². The van der Waals surface area contributed by atoms with Crippen LogP contribution in [0.15, 0.2) is 45.0 Å². The van der Waals surface area contributed by atoms with Gasteiger partial charge in [0.15, 0.2) is 5.16 Å². The molecule has 0 radical (unpaired) electrons. The SMILES string of the molecule is CSc1ncc(Br)c(C(=O)Nc2ccc(S(=O)(=O)N3CCCCCC3)cc2)n1. The Kier molecular flexibility index (Phi) is 7.08. The van der Waals surface area contributed by atoms with E-state index in [1.165, 1.54) is 30.1 Å². The summed E-state index contributed by atoms with van der Waals surface area (Å²) in [4.78, 5) is 21.0. The number of halogens is 1. The van der Waals surface area contributed by atoms with Crippen LogP contribution in [0.1, 0.15) is 36.2 Å². The molecule has 0 bridgehead atoms. The lowest BCUT2D eigenvalue weighted by atomic mass is 10.2. The minimum Gasteiger partial charge on any atom is -0.321 e. The molecular weight excluding hydrogens is 464 g/mol. The first-order chi connectivity index (χ1) is 13.4. The van der Waals surface area contributed by atoms with Crippen LogP contribution in [0.5, 0.6) is 0 Å². The third-order valence-electron chi connectivity index (χ3n) is 4.43. The van der Waals surface area contributed by atoms with Crippen molar-refractivity contribution in [3.8, 4) is 0 Å². The van der Waals surface area contributed by atoms with E-state index in [1.807, 2.05) is 6.26 Å². The van der Waals surface area contributed by atoms with Crippen molar-refractivity contribution in [2.75, 3.05) is 24.7 Å². The van der Waals surface area contributed by atoms with Crippen LogP contribution in [0, 0.1) is 0 Å². The maximum atomic E-state index is 12.8. The lowest BCUT2D eigenvalue weighted by Crippen LogP contribution is -2.31. The van der Waals surface area contributed by atoms with Gasteiger partial charge in [-0.05, 0) is 59.3 Å². The van der Waals surface area contributed by atoms with Crippen molar-refractivity contribution >= 4 is 49.3 Å². The molecule has 10 heteroatoms. The van der Waals surface area contributed by atoms with Crippen LogP contribution in [0.4, 0.5) is 5.69 Å². The summed E-state index contributed by atoms with van der Waals surface area (Å²) in [6.45, 7) is 1.11. The molecular formula is C18H21BrN4O3S2. The normalized spacial score (nSPS) is 15.8. The maximum Gasteiger partial charge on any atom is 0.275 e. The zero-order valence-electron chi connectivity index (χ0n) is 15.4. The van der Waals surface area contributed by atoms with Crippen molar-refractivity contribution in [3.63, 3.8) is 0 Å². The van der Waals surface area contributed by atoms with Gasteiger partial charge in [-0.25, -0.2) is 18.4 Å². The number of anilines is 1. The zero-order chi connectivity index (χ0) is 20.1. The van der Waals surface area contributed by atoms with E-state index in [0.29, 0.717) is 28.4 Å². The third-order valence-corrected chi connectivity index (χ3v) is 7.49. The van der Waals surface area contributed by atoms with Gasteiger partial charge in [-0.1, -0.05) is 24.6 Å². The molecule has 3 rings (SSSR count). The molecule has 2 aromatic rings. The summed E-state index contributed by atoms with van der Waals surface area (Å²) in [5.41, 5.74) is 0.719. The van der Waals surface area contributed by atoms with Crippen molar-refractivity contribution in [2.45, 2.75) is 35.7 Å². The summed E-state index contributed by atoms with van der Waals surface area (Å²) in [7, 11) is -3.51. The molecule has 2 heterocycles. The Morgan fingerprint density at radius 2 is 1.79 bits per heavy atom. The van der Waals surface area contributed by atoms with E-state index in [-0.39, 0.29) is 10.6 Å². The Labute approximate surface area is 177 Å². The second-order valence-electron chi connectivity index (χ2n) is 6.35. The number of aromatic nitrogens is 2. The first kappa shape index (κ1) is 21.2. The van der Waals surface area contributed by atoms with E-state index in [1.54, 1.807) is 16.4 Å². The van der Waals surface area contributed by atoms with Crippen LogP contribution in [0.2, 0.25) is 0 Å². The predicted molar refractivity (Wildman–Crippen MR) is 113 cm³/mol. The van der Waals surface area contributed by atoms with Crippen LogP contribution in [0.25, 0.3) is 0 Å². The molecule has 1 fully saturated rings. The number of carbonyl (C=O) groups is 1. The van der Waals surface area contributed by atoms with Gasteiger partial charge in [0.25, 0.3) is 5.91 Å². The van der Waals surface area contributed by atoms with E-state index in [0.717, 1.165) is 25.7 Å². The summed E-state index contributed by atoms with van der Waals surface area (Å²) < 4.78 is 27.7. The summed E-state index contributed by atoms with van der Waals surface area (Å²) >= 11 is 4.62. The fraction of sp³-hybridized carbons (Fsp3) is 0.389. The number of rotatable bonds is 5. The Hall–Kier alpha value is -1.49. The number of thioether (sulfide) groups is 1. The molecule has 0 saturated carbocycles. The smallest absolute Gasteiger partial charge is 0.275 e. The van der Waals surface area contributed by atoms with Crippen LogP contribution < -0.4 is 5.32 Å². The topological polar surface area (TPSA) is 92.3 Å². The summed E-state index contributed by atoms with van der Waals surface area (Å²) in [5, 5.41) is 3.23. The van der Waals surface area contributed by atoms with E-state index < -0.39 is 15.9 Å². The highest BCUT2D eigenvalue weighted by Gasteiger charge is 2.25. The first-order valence-corrected chi connectivity index (χ1v) is 12.4. The second-order valence-corrected chi connectivity index (χ2v) is 9.92. The average molecular weight is 485 g/mol. The highest BCUT2D eigenvalue weighted by Crippen LogP contribution is 2.23. The van der Waals surface area contributed by atoms with E-state index >= 15 is 0 Å². The molecule has 0 spiro atoms. The number of sulfonamides is 1. The standard InChI is InChI=1S/C18H21BrN4O3S2/c1-27-18-20-12-15(19)16(22-18)17(24)21-13-6-8-14(9-7-13)28(25,26)23-10-4-2-3-5-11-23/h6-9,12H,2-5,10-11H2,1H3,(H,21,24). The summed E-state index contributed by atoms with van der Waals surface area (Å²) in [6.07, 6.45) is 7.26. The van der Waals surface area contributed by atoms with Crippen molar-refractivity contribution in [3.05, 3.63) is 40.6 Å². The fourth-order valence-electron chi connectivity index (χ4n) is 2.94.